The van der Waals surface area contributed by atoms with E-state index in [-0.39, 0.29) is 6.61 Å². The molecule has 14 heavy (non-hydrogen) atoms. The monoisotopic (exact) mass is 190 g/mol. The van der Waals surface area contributed by atoms with Crippen LogP contribution in [0.2, 0.25) is 0 Å². The van der Waals surface area contributed by atoms with Crippen molar-refractivity contribution in [2.75, 3.05) is 13.2 Å². The van der Waals surface area contributed by atoms with Crippen LogP contribution in [0.15, 0.2) is 29.8 Å². The Labute approximate surface area is 83.8 Å². The van der Waals surface area contributed by atoms with Gasteiger partial charge < -0.3 is 9.84 Å². The molecule has 2 rings (SSSR count). The van der Waals surface area contributed by atoms with Crippen molar-refractivity contribution in [3.63, 3.8) is 0 Å². The number of para-hydroxylation sites is 1. The van der Waals surface area contributed by atoms with E-state index in [1.807, 2.05) is 24.3 Å². The fraction of sp³-hybridized carbons (Fsp3) is 0.333. The van der Waals surface area contributed by atoms with Gasteiger partial charge in [0.25, 0.3) is 0 Å². The largest absolute Gasteiger partial charge is 0.489 e. The van der Waals surface area contributed by atoms with Gasteiger partial charge in [-0.25, -0.2) is 0 Å². The number of ether oxygens (including phenoxy) is 1. The van der Waals surface area contributed by atoms with Crippen LogP contribution in [0.1, 0.15) is 18.4 Å². The average molecular weight is 190 g/mol. The maximum atomic E-state index is 8.72. The van der Waals surface area contributed by atoms with Gasteiger partial charge in [-0.2, -0.15) is 0 Å². The summed E-state index contributed by atoms with van der Waals surface area (Å²) in [5, 5.41) is 8.72. The third-order valence-corrected chi connectivity index (χ3v) is 2.35. The van der Waals surface area contributed by atoms with Crippen LogP contribution in [0.4, 0.5) is 0 Å². The van der Waals surface area contributed by atoms with E-state index in [1.165, 1.54) is 5.57 Å². The SMILES string of the molecule is OCCCC1=Cc2ccccc2OC1. The van der Waals surface area contributed by atoms with Crippen LogP contribution in [-0.2, 0) is 0 Å². The van der Waals surface area contributed by atoms with Crippen molar-refractivity contribution in [3.8, 4) is 5.75 Å². The third kappa shape index (κ3) is 1.96. The summed E-state index contributed by atoms with van der Waals surface area (Å²) >= 11 is 0. The molecule has 1 heterocycles. The summed E-state index contributed by atoms with van der Waals surface area (Å²) in [6, 6.07) is 8.02. The van der Waals surface area contributed by atoms with Crippen molar-refractivity contribution in [2.24, 2.45) is 0 Å². The minimum Gasteiger partial charge on any atom is -0.489 e. The molecular formula is C12H14O2. The summed E-state index contributed by atoms with van der Waals surface area (Å²) in [5.41, 5.74) is 2.41. The molecule has 0 fully saturated rings. The highest BCUT2D eigenvalue weighted by molar-refractivity contribution is 5.61. The Morgan fingerprint density at radius 3 is 3.00 bits per heavy atom. The minimum atomic E-state index is 0.249. The van der Waals surface area contributed by atoms with E-state index in [1.54, 1.807) is 0 Å². The zero-order valence-electron chi connectivity index (χ0n) is 8.07. The van der Waals surface area contributed by atoms with E-state index in [2.05, 4.69) is 6.08 Å². The van der Waals surface area contributed by atoms with E-state index < -0.39 is 0 Å². The smallest absolute Gasteiger partial charge is 0.127 e. The number of fused-ring (bicyclic) bond motifs is 1. The molecule has 0 bridgehead atoms. The van der Waals surface area contributed by atoms with Gasteiger partial charge in [0.1, 0.15) is 12.4 Å². The standard InChI is InChI=1S/C12H14O2/c13-7-3-4-10-8-11-5-1-2-6-12(11)14-9-10/h1-2,5-6,8,13H,3-4,7,9H2. The zero-order valence-corrected chi connectivity index (χ0v) is 8.07. The fourth-order valence-electron chi connectivity index (χ4n) is 1.61. The molecule has 0 aliphatic carbocycles. The quantitative estimate of drug-likeness (QED) is 0.792. The normalized spacial score (nSPS) is 14.2. The highest BCUT2D eigenvalue weighted by atomic mass is 16.5. The van der Waals surface area contributed by atoms with Gasteiger partial charge >= 0.3 is 0 Å². The van der Waals surface area contributed by atoms with Crippen molar-refractivity contribution in [3.05, 3.63) is 35.4 Å². The van der Waals surface area contributed by atoms with Gasteiger partial charge in [-0.15, -0.1) is 0 Å². The van der Waals surface area contributed by atoms with Crippen LogP contribution in [0.5, 0.6) is 5.75 Å². The van der Waals surface area contributed by atoms with Gasteiger partial charge in [0.15, 0.2) is 0 Å². The number of hydrogen-bond acceptors (Lipinski definition) is 2. The fourth-order valence-corrected chi connectivity index (χ4v) is 1.61. The molecule has 1 aromatic carbocycles. The molecule has 0 radical (unpaired) electrons. The molecule has 0 spiro atoms. The molecule has 1 N–H and O–H groups in total. The van der Waals surface area contributed by atoms with Crippen LogP contribution in [-0.4, -0.2) is 18.3 Å². The maximum Gasteiger partial charge on any atom is 0.127 e. The summed E-state index contributed by atoms with van der Waals surface area (Å²) in [7, 11) is 0. The van der Waals surface area contributed by atoms with Gasteiger partial charge in [-0.05, 0) is 30.6 Å². The summed E-state index contributed by atoms with van der Waals surface area (Å²) in [6.45, 7) is 0.913. The first-order valence-electron chi connectivity index (χ1n) is 4.92. The Morgan fingerprint density at radius 2 is 2.14 bits per heavy atom. The van der Waals surface area contributed by atoms with Crippen LogP contribution in [0.3, 0.4) is 0 Å². The van der Waals surface area contributed by atoms with E-state index in [9.17, 15) is 0 Å². The molecular weight excluding hydrogens is 176 g/mol. The Kier molecular flexibility index (Phi) is 2.84. The summed E-state index contributed by atoms with van der Waals surface area (Å²) in [5.74, 6) is 0.959. The van der Waals surface area contributed by atoms with Crippen molar-refractivity contribution in [2.45, 2.75) is 12.8 Å². The maximum absolute atomic E-state index is 8.72. The summed E-state index contributed by atoms with van der Waals surface area (Å²) < 4.78 is 5.58. The molecule has 1 aliphatic heterocycles. The Bertz CT molecular complexity index is 342. The predicted octanol–water partition coefficient (Wildman–Crippen LogP) is 2.23. The second-order valence-electron chi connectivity index (χ2n) is 3.46. The molecule has 0 saturated heterocycles. The van der Waals surface area contributed by atoms with E-state index in [0.29, 0.717) is 6.61 Å². The Morgan fingerprint density at radius 1 is 1.29 bits per heavy atom. The third-order valence-electron chi connectivity index (χ3n) is 2.35. The van der Waals surface area contributed by atoms with Gasteiger partial charge in [-0.1, -0.05) is 18.2 Å². The van der Waals surface area contributed by atoms with Gasteiger partial charge in [0, 0.05) is 12.2 Å². The average Bonchev–Trinajstić information content (AvgIpc) is 2.26. The molecule has 0 amide bonds. The molecule has 0 atom stereocenters. The molecule has 0 saturated carbocycles. The molecule has 74 valence electrons. The van der Waals surface area contributed by atoms with E-state index in [4.69, 9.17) is 9.84 Å². The van der Waals surface area contributed by atoms with Crippen LogP contribution >= 0.6 is 0 Å². The minimum absolute atomic E-state index is 0.249. The first-order chi connectivity index (χ1) is 6.90. The first-order valence-corrected chi connectivity index (χ1v) is 4.92. The molecule has 2 heteroatoms. The number of aliphatic hydroxyl groups excluding tert-OH is 1. The van der Waals surface area contributed by atoms with E-state index >= 15 is 0 Å². The number of rotatable bonds is 3. The lowest BCUT2D eigenvalue weighted by Gasteiger charge is -2.17. The zero-order chi connectivity index (χ0) is 9.80. The van der Waals surface area contributed by atoms with Crippen LogP contribution in [0.25, 0.3) is 6.08 Å². The lowest BCUT2D eigenvalue weighted by molar-refractivity contribution is 0.283. The van der Waals surface area contributed by atoms with Gasteiger partial charge in [0.2, 0.25) is 0 Å². The number of benzene rings is 1. The van der Waals surface area contributed by atoms with Crippen LogP contribution < -0.4 is 4.74 Å². The van der Waals surface area contributed by atoms with Crippen molar-refractivity contribution < 1.29 is 9.84 Å². The van der Waals surface area contributed by atoms with Crippen molar-refractivity contribution in [1.29, 1.82) is 0 Å². The molecule has 1 aromatic rings. The first kappa shape index (κ1) is 9.28. The summed E-state index contributed by atoms with van der Waals surface area (Å²) in [4.78, 5) is 0. The second kappa shape index (κ2) is 4.29. The predicted molar refractivity (Wildman–Crippen MR) is 56.2 cm³/mol. The van der Waals surface area contributed by atoms with E-state index in [0.717, 1.165) is 24.2 Å². The summed E-state index contributed by atoms with van der Waals surface area (Å²) in [6.07, 6.45) is 3.90. The van der Waals surface area contributed by atoms with Gasteiger partial charge in [-0.3, -0.25) is 0 Å². The van der Waals surface area contributed by atoms with Crippen LogP contribution in [0, 0.1) is 0 Å². The second-order valence-corrected chi connectivity index (χ2v) is 3.46. The Hall–Kier alpha value is -1.28. The molecule has 2 nitrogen and oxygen atoms in total. The molecule has 0 aromatic heterocycles. The number of hydrogen-bond donors (Lipinski definition) is 1. The lowest BCUT2D eigenvalue weighted by atomic mass is 10.0. The molecule has 0 unspecified atom stereocenters. The van der Waals surface area contributed by atoms with Crippen molar-refractivity contribution >= 4 is 6.08 Å². The highest BCUT2D eigenvalue weighted by Gasteiger charge is 2.09. The highest BCUT2D eigenvalue weighted by Crippen LogP contribution is 2.27. The van der Waals surface area contributed by atoms with Gasteiger partial charge in [0.05, 0.1) is 0 Å². The van der Waals surface area contributed by atoms with Crippen molar-refractivity contribution in [1.82, 2.24) is 0 Å². The number of aliphatic hydroxyl groups is 1. The topological polar surface area (TPSA) is 29.5 Å². The molecule has 1 aliphatic rings. The lowest BCUT2D eigenvalue weighted by Crippen LogP contribution is -2.07. The Balaban J connectivity index is 2.14.